The molecule has 190 valence electrons. The Bertz CT molecular complexity index is 1330. The summed E-state index contributed by atoms with van der Waals surface area (Å²) < 4.78 is 0. The number of piperazine rings is 1. The SMILES string of the molecule is O=C(C#Cc1ccccc1)N1CCC(c2nc(C(=O)N3CCN(c4ccc(Cl)c(Cl)c4)CC3)cs2)CC1. The van der Waals surface area contributed by atoms with E-state index in [1.54, 1.807) is 11.0 Å². The average molecular weight is 554 g/mol. The summed E-state index contributed by atoms with van der Waals surface area (Å²) in [5.74, 6) is 5.78. The summed E-state index contributed by atoms with van der Waals surface area (Å²) in [6.07, 6.45) is 1.64. The first-order chi connectivity index (χ1) is 18.0. The molecule has 0 bridgehead atoms. The number of aromatic nitrogens is 1. The van der Waals surface area contributed by atoms with E-state index >= 15 is 0 Å². The molecule has 37 heavy (non-hydrogen) atoms. The van der Waals surface area contributed by atoms with Gasteiger partial charge in [-0.3, -0.25) is 9.59 Å². The number of anilines is 1. The van der Waals surface area contributed by atoms with Gasteiger partial charge in [-0.1, -0.05) is 47.3 Å². The average Bonchev–Trinajstić information content (AvgIpc) is 3.44. The topological polar surface area (TPSA) is 56.8 Å². The molecule has 6 nitrogen and oxygen atoms in total. The number of rotatable bonds is 3. The summed E-state index contributed by atoms with van der Waals surface area (Å²) in [6, 6.07) is 15.1. The zero-order valence-corrected chi connectivity index (χ0v) is 22.5. The number of hydrogen-bond acceptors (Lipinski definition) is 5. The van der Waals surface area contributed by atoms with E-state index in [1.807, 2.05) is 52.7 Å². The van der Waals surface area contributed by atoms with E-state index in [0.717, 1.165) is 42.2 Å². The fourth-order valence-electron chi connectivity index (χ4n) is 4.64. The molecule has 2 fully saturated rings. The summed E-state index contributed by atoms with van der Waals surface area (Å²) >= 11 is 13.7. The predicted molar refractivity (Wildman–Crippen MR) is 149 cm³/mol. The molecule has 2 saturated heterocycles. The van der Waals surface area contributed by atoms with E-state index in [2.05, 4.69) is 16.7 Å². The van der Waals surface area contributed by atoms with Crippen molar-refractivity contribution in [3.63, 3.8) is 0 Å². The van der Waals surface area contributed by atoms with Crippen molar-refractivity contribution < 1.29 is 9.59 Å². The Balaban J connectivity index is 1.12. The van der Waals surface area contributed by atoms with Crippen LogP contribution in [-0.4, -0.2) is 65.9 Å². The van der Waals surface area contributed by atoms with Gasteiger partial charge in [0.15, 0.2) is 0 Å². The fraction of sp³-hybridized carbons (Fsp3) is 0.321. The summed E-state index contributed by atoms with van der Waals surface area (Å²) in [4.78, 5) is 36.2. The highest BCUT2D eigenvalue weighted by Crippen LogP contribution is 2.31. The van der Waals surface area contributed by atoms with Gasteiger partial charge in [0.1, 0.15) is 5.69 Å². The fourth-order valence-corrected chi connectivity index (χ4v) is 5.90. The molecule has 2 aromatic carbocycles. The van der Waals surface area contributed by atoms with Gasteiger partial charge in [0.25, 0.3) is 11.8 Å². The molecule has 2 aliphatic heterocycles. The summed E-state index contributed by atoms with van der Waals surface area (Å²) in [7, 11) is 0. The van der Waals surface area contributed by atoms with Crippen LogP contribution in [0.15, 0.2) is 53.9 Å². The molecule has 5 rings (SSSR count). The summed E-state index contributed by atoms with van der Waals surface area (Å²) in [6.45, 7) is 3.98. The molecule has 0 unspecified atom stereocenters. The van der Waals surface area contributed by atoms with Crippen LogP contribution in [0.2, 0.25) is 10.0 Å². The molecule has 2 amide bonds. The number of halogens is 2. The van der Waals surface area contributed by atoms with E-state index in [4.69, 9.17) is 28.2 Å². The maximum absolute atomic E-state index is 13.1. The maximum Gasteiger partial charge on any atom is 0.298 e. The molecule has 0 aliphatic carbocycles. The second-order valence-corrected chi connectivity index (χ2v) is 10.8. The van der Waals surface area contributed by atoms with Crippen molar-refractivity contribution in [3.05, 3.63) is 80.2 Å². The van der Waals surface area contributed by atoms with Crippen LogP contribution in [-0.2, 0) is 4.79 Å². The Kier molecular flexibility index (Phi) is 7.99. The lowest BCUT2D eigenvalue weighted by Crippen LogP contribution is -2.48. The Morgan fingerprint density at radius 3 is 2.32 bits per heavy atom. The monoisotopic (exact) mass is 552 g/mol. The minimum Gasteiger partial charge on any atom is -0.368 e. The molecule has 9 heteroatoms. The van der Waals surface area contributed by atoms with Crippen LogP contribution in [0.1, 0.15) is 39.8 Å². The Morgan fingerprint density at radius 2 is 1.62 bits per heavy atom. The number of benzene rings is 2. The van der Waals surface area contributed by atoms with Crippen molar-refractivity contribution in [2.45, 2.75) is 18.8 Å². The smallest absolute Gasteiger partial charge is 0.298 e. The number of piperidine rings is 1. The predicted octanol–water partition coefficient (Wildman–Crippen LogP) is 5.17. The molecule has 0 N–H and O–H groups in total. The van der Waals surface area contributed by atoms with Crippen LogP contribution in [0.3, 0.4) is 0 Å². The van der Waals surface area contributed by atoms with Crippen LogP contribution in [0.25, 0.3) is 0 Å². The first kappa shape index (κ1) is 25.6. The lowest BCUT2D eigenvalue weighted by Gasteiger charge is -2.36. The van der Waals surface area contributed by atoms with Gasteiger partial charge in [-0.15, -0.1) is 11.3 Å². The number of likely N-dealkylation sites (tertiary alicyclic amines) is 1. The van der Waals surface area contributed by atoms with Gasteiger partial charge in [0.2, 0.25) is 0 Å². The second kappa shape index (κ2) is 11.6. The van der Waals surface area contributed by atoms with Gasteiger partial charge in [0.05, 0.1) is 15.1 Å². The van der Waals surface area contributed by atoms with Crippen LogP contribution in [0.4, 0.5) is 5.69 Å². The largest absolute Gasteiger partial charge is 0.368 e. The van der Waals surface area contributed by atoms with Crippen molar-refractivity contribution >= 4 is 52.0 Å². The van der Waals surface area contributed by atoms with Crippen molar-refractivity contribution in [2.24, 2.45) is 0 Å². The molecule has 3 aromatic rings. The van der Waals surface area contributed by atoms with E-state index in [-0.39, 0.29) is 17.7 Å². The van der Waals surface area contributed by atoms with Crippen molar-refractivity contribution in [1.29, 1.82) is 0 Å². The minimum atomic E-state index is -0.141. The Hall–Kier alpha value is -3.05. The molecule has 3 heterocycles. The third-order valence-corrected chi connectivity index (χ3v) is 8.54. The molecule has 1 aromatic heterocycles. The van der Waals surface area contributed by atoms with Crippen molar-refractivity contribution in [3.8, 4) is 11.8 Å². The highest BCUT2D eigenvalue weighted by Gasteiger charge is 2.28. The normalized spacial score (nSPS) is 16.3. The van der Waals surface area contributed by atoms with Gasteiger partial charge >= 0.3 is 0 Å². The Morgan fingerprint density at radius 1 is 0.892 bits per heavy atom. The molecule has 2 aliphatic rings. The molecular formula is C28H26Cl2N4O2S. The third kappa shape index (κ3) is 6.10. The van der Waals surface area contributed by atoms with Gasteiger partial charge in [-0.05, 0) is 43.2 Å². The number of amides is 2. The van der Waals surface area contributed by atoms with Gasteiger partial charge < -0.3 is 14.7 Å². The van der Waals surface area contributed by atoms with E-state index < -0.39 is 0 Å². The van der Waals surface area contributed by atoms with E-state index in [9.17, 15) is 9.59 Å². The standard InChI is InChI=1S/C28H26Cl2N4O2S/c29-23-8-7-22(18-24(23)30)32-14-16-34(17-15-32)28(36)25-19-37-27(31-25)21-10-12-33(13-11-21)26(35)9-6-20-4-2-1-3-5-20/h1-5,7-8,18-19,21H,10-17H2. The quantitative estimate of drug-likeness (QED) is 0.420. The molecule has 0 radical (unpaired) electrons. The lowest BCUT2D eigenvalue weighted by atomic mass is 9.97. The highest BCUT2D eigenvalue weighted by atomic mass is 35.5. The number of thiazole rings is 1. The van der Waals surface area contributed by atoms with Gasteiger partial charge in [-0.25, -0.2) is 4.98 Å². The molecule has 0 spiro atoms. The number of carbonyl (C=O) groups is 2. The molecule has 0 atom stereocenters. The van der Waals surface area contributed by atoms with Crippen molar-refractivity contribution in [2.75, 3.05) is 44.2 Å². The number of nitrogens with zero attached hydrogens (tertiary/aromatic N) is 4. The summed E-state index contributed by atoms with van der Waals surface area (Å²) in [5.41, 5.74) is 2.35. The first-order valence-corrected chi connectivity index (χ1v) is 13.9. The Labute approximate surface area is 230 Å². The van der Waals surface area contributed by atoms with Crippen LogP contribution in [0.5, 0.6) is 0 Å². The second-order valence-electron chi connectivity index (χ2n) is 9.13. The minimum absolute atomic E-state index is 0.0277. The van der Waals surface area contributed by atoms with Gasteiger partial charge in [0, 0.05) is 67.7 Å². The highest BCUT2D eigenvalue weighted by molar-refractivity contribution is 7.09. The lowest BCUT2D eigenvalue weighted by molar-refractivity contribution is -0.126. The van der Waals surface area contributed by atoms with Crippen LogP contribution >= 0.6 is 34.5 Å². The number of hydrogen-bond donors (Lipinski definition) is 0. The zero-order chi connectivity index (χ0) is 25.8. The molecular weight excluding hydrogens is 527 g/mol. The summed E-state index contributed by atoms with van der Waals surface area (Å²) in [5, 5.41) is 3.90. The van der Waals surface area contributed by atoms with Gasteiger partial charge in [-0.2, -0.15) is 0 Å². The van der Waals surface area contributed by atoms with Crippen LogP contribution < -0.4 is 4.90 Å². The first-order valence-electron chi connectivity index (χ1n) is 12.3. The number of carbonyl (C=O) groups excluding carboxylic acids is 2. The zero-order valence-electron chi connectivity index (χ0n) is 20.2. The van der Waals surface area contributed by atoms with Crippen LogP contribution in [0, 0.1) is 11.8 Å². The van der Waals surface area contributed by atoms with Crippen molar-refractivity contribution in [1.82, 2.24) is 14.8 Å². The molecule has 0 saturated carbocycles. The maximum atomic E-state index is 13.1. The third-order valence-electron chi connectivity index (χ3n) is 6.80. The van der Waals surface area contributed by atoms with E-state index in [1.165, 1.54) is 11.3 Å². The van der Waals surface area contributed by atoms with E-state index in [0.29, 0.717) is 41.9 Å².